The molecular weight excluding hydrogens is 266 g/mol. The van der Waals surface area contributed by atoms with Crippen molar-refractivity contribution < 1.29 is 13.2 Å². The third-order valence-corrected chi connectivity index (χ3v) is 4.89. The average Bonchev–Trinajstić information content (AvgIpc) is 2.30. The molecule has 19 heavy (non-hydrogen) atoms. The van der Waals surface area contributed by atoms with Gasteiger partial charge in [0.15, 0.2) is 0 Å². The van der Waals surface area contributed by atoms with E-state index in [1.807, 2.05) is 0 Å². The summed E-state index contributed by atoms with van der Waals surface area (Å²) in [6, 6.07) is 3.25. The number of nitrogen functional groups attached to an aromatic ring is 1. The van der Waals surface area contributed by atoms with E-state index in [4.69, 9.17) is 11.5 Å². The van der Waals surface area contributed by atoms with Crippen LogP contribution in [-0.4, -0.2) is 31.7 Å². The van der Waals surface area contributed by atoms with Gasteiger partial charge in [0.1, 0.15) is 0 Å². The van der Waals surface area contributed by atoms with Crippen molar-refractivity contribution in [1.29, 1.82) is 0 Å². The van der Waals surface area contributed by atoms with Gasteiger partial charge in [-0.15, -0.1) is 0 Å². The highest BCUT2D eigenvalue weighted by Gasteiger charge is 2.27. The number of anilines is 1. The fourth-order valence-electron chi connectivity index (χ4n) is 1.80. The van der Waals surface area contributed by atoms with Crippen LogP contribution in [0.5, 0.6) is 0 Å². The van der Waals surface area contributed by atoms with Gasteiger partial charge >= 0.3 is 0 Å². The molecule has 0 radical (unpaired) electrons. The average molecular weight is 285 g/mol. The molecule has 1 amide bonds. The molecule has 0 bridgehead atoms. The number of nitrogens with zero attached hydrogens (tertiary/aromatic N) is 1. The van der Waals surface area contributed by atoms with Crippen molar-refractivity contribution in [3.8, 4) is 0 Å². The second kappa shape index (κ2) is 5.58. The molecule has 0 saturated heterocycles. The largest absolute Gasteiger partial charge is 0.398 e. The van der Waals surface area contributed by atoms with Gasteiger partial charge < -0.3 is 11.5 Å². The summed E-state index contributed by atoms with van der Waals surface area (Å²) in [4.78, 5) is 11.1. The van der Waals surface area contributed by atoms with Gasteiger partial charge in [-0.1, -0.05) is 6.92 Å². The first-order chi connectivity index (χ1) is 8.70. The molecule has 0 aromatic heterocycles. The highest BCUT2D eigenvalue weighted by molar-refractivity contribution is 7.89. The van der Waals surface area contributed by atoms with E-state index < -0.39 is 15.9 Å². The van der Waals surface area contributed by atoms with E-state index in [1.54, 1.807) is 32.9 Å². The Morgan fingerprint density at radius 1 is 1.32 bits per heavy atom. The van der Waals surface area contributed by atoms with Crippen LogP contribution in [0.2, 0.25) is 0 Å². The molecule has 0 aliphatic rings. The molecule has 6 nitrogen and oxygen atoms in total. The predicted octanol–water partition coefficient (Wildman–Crippen LogP) is 0.382. The highest BCUT2D eigenvalue weighted by atomic mass is 32.2. The van der Waals surface area contributed by atoms with E-state index in [0.29, 0.717) is 11.3 Å². The Balaban J connectivity index is 3.37. The molecule has 0 heterocycles. The maximum Gasteiger partial charge on any atom is 0.243 e. The Hall–Kier alpha value is -1.60. The summed E-state index contributed by atoms with van der Waals surface area (Å²) in [6.45, 7) is 4.87. The molecule has 0 atom stereocenters. The zero-order valence-corrected chi connectivity index (χ0v) is 12.1. The normalized spacial score (nSPS) is 11.8. The van der Waals surface area contributed by atoms with Crippen molar-refractivity contribution in [2.45, 2.75) is 25.7 Å². The zero-order chi connectivity index (χ0) is 14.8. The zero-order valence-electron chi connectivity index (χ0n) is 11.3. The van der Waals surface area contributed by atoms with Crippen molar-refractivity contribution in [2.75, 3.05) is 18.8 Å². The second-order valence-corrected chi connectivity index (χ2v) is 6.28. The minimum absolute atomic E-state index is 0.119. The first kappa shape index (κ1) is 15.5. The van der Waals surface area contributed by atoms with E-state index in [1.165, 1.54) is 0 Å². The van der Waals surface area contributed by atoms with Gasteiger partial charge in [-0.25, -0.2) is 8.42 Å². The molecule has 0 aliphatic carbocycles. The Bertz CT molecular complexity index is 596. The predicted molar refractivity (Wildman–Crippen MR) is 74.0 cm³/mol. The van der Waals surface area contributed by atoms with Gasteiger partial charge in [0.05, 0.1) is 11.4 Å². The lowest BCUT2D eigenvalue weighted by Gasteiger charge is -2.21. The number of rotatable bonds is 5. The Morgan fingerprint density at radius 2 is 1.89 bits per heavy atom. The summed E-state index contributed by atoms with van der Waals surface area (Å²) < 4.78 is 26.0. The van der Waals surface area contributed by atoms with Crippen molar-refractivity contribution in [1.82, 2.24) is 4.31 Å². The van der Waals surface area contributed by atoms with Crippen LogP contribution >= 0.6 is 0 Å². The van der Waals surface area contributed by atoms with Crippen LogP contribution < -0.4 is 11.5 Å². The van der Waals surface area contributed by atoms with Gasteiger partial charge in [0, 0.05) is 12.2 Å². The van der Waals surface area contributed by atoms with E-state index in [-0.39, 0.29) is 18.0 Å². The molecular formula is C12H19N3O3S. The number of likely N-dealkylation sites (N-methyl/N-ethyl adjacent to an activating group) is 1. The van der Waals surface area contributed by atoms with Gasteiger partial charge in [-0.3, -0.25) is 4.79 Å². The van der Waals surface area contributed by atoms with E-state index in [0.717, 1.165) is 9.87 Å². The van der Waals surface area contributed by atoms with Gasteiger partial charge in [-0.05, 0) is 37.1 Å². The third-order valence-electron chi connectivity index (χ3n) is 2.85. The van der Waals surface area contributed by atoms with Crippen LogP contribution in [0.15, 0.2) is 17.0 Å². The molecule has 0 spiro atoms. The lowest BCUT2D eigenvalue weighted by molar-refractivity contribution is -0.118. The number of hydrogen-bond donors (Lipinski definition) is 2. The summed E-state index contributed by atoms with van der Waals surface area (Å²) in [6.07, 6.45) is 0. The quantitative estimate of drug-likeness (QED) is 0.763. The third kappa shape index (κ3) is 3.24. The molecule has 1 aromatic carbocycles. The van der Waals surface area contributed by atoms with Gasteiger partial charge in [0.2, 0.25) is 15.9 Å². The topological polar surface area (TPSA) is 106 Å². The van der Waals surface area contributed by atoms with Gasteiger partial charge in [0.25, 0.3) is 0 Å². The molecule has 0 aliphatic heterocycles. The number of nitrogens with two attached hydrogens (primary N) is 2. The maximum atomic E-state index is 12.5. The van der Waals surface area contributed by atoms with Crippen LogP contribution in [-0.2, 0) is 14.8 Å². The number of aryl methyl sites for hydroxylation is 1. The maximum absolute atomic E-state index is 12.5. The monoisotopic (exact) mass is 285 g/mol. The Kier molecular flexibility index (Phi) is 4.54. The Morgan fingerprint density at radius 3 is 2.37 bits per heavy atom. The van der Waals surface area contributed by atoms with E-state index in [2.05, 4.69) is 0 Å². The molecule has 0 fully saturated rings. The molecule has 7 heteroatoms. The highest BCUT2D eigenvalue weighted by Crippen LogP contribution is 2.25. The van der Waals surface area contributed by atoms with Crippen LogP contribution in [0.4, 0.5) is 5.69 Å². The van der Waals surface area contributed by atoms with E-state index >= 15 is 0 Å². The second-order valence-electron chi connectivity index (χ2n) is 4.37. The molecule has 106 valence electrons. The smallest absolute Gasteiger partial charge is 0.243 e. The number of amides is 1. The molecule has 1 aromatic rings. The number of carbonyl (C=O) groups is 1. The minimum atomic E-state index is -3.77. The van der Waals surface area contributed by atoms with Crippen LogP contribution in [0, 0.1) is 13.8 Å². The number of benzene rings is 1. The summed E-state index contributed by atoms with van der Waals surface area (Å²) >= 11 is 0. The number of primary amides is 1. The summed E-state index contributed by atoms with van der Waals surface area (Å²) in [5.41, 5.74) is 12.5. The molecule has 1 rings (SSSR count). The first-order valence-corrected chi connectivity index (χ1v) is 7.29. The Labute approximate surface area is 113 Å². The van der Waals surface area contributed by atoms with Gasteiger partial charge in [-0.2, -0.15) is 4.31 Å². The van der Waals surface area contributed by atoms with Crippen LogP contribution in [0.25, 0.3) is 0 Å². The van der Waals surface area contributed by atoms with Crippen molar-refractivity contribution in [3.05, 3.63) is 23.3 Å². The summed E-state index contributed by atoms with van der Waals surface area (Å²) in [7, 11) is -3.77. The standard InChI is InChI=1S/C12H19N3O3S/c1-4-15(7-12(14)16)19(17,18)11-6-8(2)5-10(13)9(11)3/h5-6H,4,7,13H2,1-3H3,(H2,14,16). The lowest BCUT2D eigenvalue weighted by Crippen LogP contribution is -2.38. The van der Waals surface area contributed by atoms with Crippen molar-refractivity contribution in [2.24, 2.45) is 5.73 Å². The van der Waals surface area contributed by atoms with Crippen LogP contribution in [0.3, 0.4) is 0 Å². The molecule has 0 unspecified atom stereocenters. The molecule has 4 N–H and O–H groups in total. The van der Waals surface area contributed by atoms with E-state index in [9.17, 15) is 13.2 Å². The number of carbonyl (C=O) groups excluding carboxylic acids is 1. The first-order valence-electron chi connectivity index (χ1n) is 5.85. The number of hydrogen-bond acceptors (Lipinski definition) is 4. The lowest BCUT2D eigenvalue weighted by atomic mass is 10.1. The fraction of sp³-hybridized carbons (Fsp3) is 0.417. The molecule has 0 saturated carbocycles. The number of sulfonamides is 1. The minimum Gasteiger partial charge on any atom is -0.398 e. The summed E-state index contributed by atoms with van der Waals surface area (Å²) in [5.74, 6) is -0.691. The van der Waals surface area contributed by atoms with Crippen LogP contribution in [0.1, 0.15) is 18.1 Å². The summed E-state index contributed by atoms with van der Waals surface area (Å²) in [5, 5.41) is 0. The SMILES string of the molecule is CCN(CC(N)=O)S(=O)(=O)c1cc(C)cc(N)c1C. The fourth-order valence-corrected chi connectivity index (χ4v) is 3.55. The van der Waals surface area contributed by atoms with Crippen molar-refractivity contribution >= 4 is 21.6 Å². The van der Waals surface area contributed by atoms with Crippen molar-refractivity contribution in [3.63, 3.8) is 0 Å².